The van der Waals surface area contributed by atoms with Crippen molar-refractivity contribution in [3.63, 3.8) is 0 Å². The van der Waals surface area contributed by atoms with E-state index < -0.39 is 23.1 Å². The molecule has 0 atom stereocenters. The Labute approximate surface area is 144 Å². The summed E-state index contributed by atoms with van der Waals surface area (Å²) >= 11 is 0. The molecule has 0 fully saturated rings. The summed E-state index contributed by atoms with van der Waals surface area (Å²) in [6.45, 7) is 4.59. The number of aromatic nitrogens is 2. The Hall–Kier alpha value is -3.02. The van der Waals surface area contributed by atoms with Crippen molar-refractivity contribution in [2.75, 3.05) is 5.32 Å². The summed E-state index contributed by atoms with van der Waals surface area (Å²) in [5.41, 5.74) is 2.81. The molecular formula is C19H17F2N3O. The van der Waals surface area contributed by atoms with Crippen LogP contribution in [0.5, 0.6) is 0 Å². The van der Waals surface area contributed by atoms with Crippen molar-refractivity contribution in [2.24, 2.45) is 0 Å². The fourth-order valence-electron chi connectivity index (χ4n) is 2.61. The van der Waals surface area contributed by atoms with Crippen LogP contribution in [0.3, 0.4) is 0 Å². The van der Waals surface area contributed by atoms with Crippen LogP contribution < -0.4 is 5.32 Å². The van der Waals surface area contributed by atoms with Gasteiger partial charge in [-0.2, -0.15) is 5.10 Å². The number of carbonyl (C=O) groups is 1. The van der Waals surface area contributed by atoms with Crippen molar-refractivity contribution in [3.05, 3.63) is 82.5 Å². The number of carbonyl (C=O) groups excluding carboxylic acids is 1. The minimum atomic E-state index is -0.910. The minimum absolute atomic E-state index is 0.234. The Bertz CT molecular complexity index is 914. The predicted octanol–water partition coefficient (Wildman–Crippen LogP) is 4.08. The highest BCUT2D eigenvalue weighted by Crippen LogP contribution is 2.16. The molecule has 0 aliphatic heterocycles. The number of hydrogen-bond acceptors (Lipinski definition) is 2. The Morgan fingerprint density at radius 3 is 2.52 bits per heavy atom. The summed E-state index contributed by atoms with van der Waals surface area (Å²) in [4.78, 5) is 12.1. The van der Waals surface area contributed by atoms with E-state index in [1.54, 1.807) is 16.9 Å². The van der Waals surface area contributed by atoms with E-state index >= 15 is 0 Å². The Morgan fingerprint density at radius 2 is 1.84 bits per heavy atom. The number of amides is 1. The molecule has 0 aliphatic rings. The first-order chi connectivity index (χ1) is 11.9. The van der Waals surface area contributed by atoms with E-state index in [9.17, 15) is 13.6 Å². The van der Waals surface area contributed by atoms with E-state index in [4.69, 9.17) is 0 Å². The van der Waals surface area contributed by atoms with Crippen LogP contribution in [0, 0.1) is 25.5 Å². The molecule has 0 radical (unpaired) electrons. The average Bonchev–Trinajstić information content (AvgIpc) is 2.97. The normalized spacial score (nSPS) is 10.7. The summed E-state index contributed by atoms with van der Waals surface area (Å²) in [6, 6.07) is 11.0. The van der Waals surface area contributed by atoms with Gasteiger partial charge in [0.15, 0.2) is 5.82 Å². The van der Waals surface area contributed by atoms with Gasteiger partial charge in [0.1, 0.15) is 17.2 Å². The summed E-state index contributed by atoms with van der Waals surface area (Å²) in [5.74, 6) is -2.45. The largest absolute Gasteiger partial charge is 0.305 e. The van der Waals surface area contributed by atoms with Crippen LogP contribution in [-0.4, -0.2) is 15.7 Å². The van der Waals surface area contributed by atoms with Gasteiger partial charge in [0.25, 0.3) is 5.91 Å². The topological polar surface area (TPSA) is 46.9 Å². The number of nitrogens with zero attached hydrogens (tertiary/aromatic N) is 2. The molecule has 0 saturated carbocycles. The molecule has 25 heavy (non-hydrogen) atoms. The van der Waals surface area contributed by atoms with Crippen molar-refractivity contribution in [1.82, 2.24) is 9.78 Å². The predicted molar refractivity (Wildman–Crippen MR) is 91.6 cm³/mol. The third-order valence-corrected chi connectivity index (χ3v) is 3.90. The summed E-state index contributed by atoms with van der Waals surface area (Å²) in [5, 5.41) is 6.65. The van der Waals surface area contributed by atoms with E-state index in [-0.39, 0.29) is 5.82 Å². The number of nitrogens with one attached hydrogen (secondary N) is 1. The molecule has 0 aliphatic carbocycles. The van der Waals surface area contributed by atoms with Gasteiger partial charge in [-0.05, 0) is 37.1 Å². The third kappa shape index (κ3) is 3.74. The fourth-order valence-corrected chi connectivity index (χ4v) is 2.61. The van der Waals surface area contributed by atoms with Gasteiger partial charge in [-0.3, -0.25) is 9.48 Å². The van der Waals surface area contributed by atoms with Crippen LogP contribution in [0.4, 0.5) is 14.6 Å². The van der Waals surface area contributed by atoms with E-state index in [1.807, 2.05) is 26.0 Å². The van der Waals surface area contributed by atoms with Crippen LogP contribution in [0.15, 0.2) is 48.7 Å². The van der Waals surface area contributed by atoms with Gasteiger partial charge < -0.3 is 5.32 Å². The number of rotatable bonds is 4. The second kappa shape index (κ2) is 6.84. The fraction of sp³-hybridized carbons (Fsp3) is 0.158. The Balaban J connectivity index is 1.74. The van der Waals surface area contributed by atoms with Crippen LogP contribution >= 0.6 is 0 Å². The molecule has 0 bridgehead atoms. The third-order valence-electron chi connectivity index (χ3n) is 3.90. The highest BCUT2D eigenvalue weighted by atomic mass is 19.1. The quantitative estimate of drug-likeness (QED) is 0.777. The zero-order chi connectivity index (χ0) is 18.0. The lowest BCUT2D eigenvalue weighted by Crippen LogP contribution is -2.16. The molecule has 6 heteroatoms. The summed E-state index contributed by atoms with van der Waals surface area (Å²) in [6.07, 6.45) is 1.70. The standard InChI is InChI=1S/C19H17F2N3O/c1-12-6-7-14(13(2)10-12)11-24-9-8-17(23-24)22-19(25)18-15(20)4-3-5-16(18)21/h3-10H,11H2,1-2H3,(H,22,23,25). The van der Waals surface area contributed by atoms with E-state index in [1.165, 1.54) is 11.6 Å². The van der Waals surface area contributed by atoms with Gasteiger partial charge in [0.05, 0.1) is 6.54 Å². The maximum atomic E-state index is 13.6. The zero-order valence-corrected chi connectivity index (χ0v) is 13.9. The number of hydrogen-bond donors (Lipinski definition) is 1. The molecule has 128 valence electrons. The first-order valence-electron chi connectivity index (χ1n) is 7.79. The molecule has 3 aromatic rings. The lowest BCUT2D eigenvalue weighted by molar-refractivity contribution is 0.101. The van der Waals surface area contributed by atoms with E-state index in [2.05, 4.69) is 16.5 Å². The number of aryl methyl sites for hydroxylation is 2. The zero-order valence-electron chi connectivity index (χ0n) is 13.9. The highest BCUT2D eigenvalue weighted by molar-refractivity contribution is 6.04. The molecule has 1 amide bonds. The summed E-state index contributed by atoms with van der Waals surface area (Å²) in [7, 11) is 0. The van der Waals surface area contributed by atoms with Gasteiger partial charge in [-0.1, -0.05) is 29.8 Å². The lowest BCUT2D eigenvalue weighted by Gasteiger charge is -2.07. The van der Waals surface area contributed by atoms with Gasteiger partial charge in [-0.15, -0.1) is 0 Å². The SMILES string of the molecule is Cc1ccc(Cn2ccc(NC(=O)c3c(F)cccc3F)n2)c(C)c1. The molecule has 1 N–H and O–H groups in total. The first kappa shape index (κ1) is 16.8. The van der Waals surface area contributed by atoms with Crippen LogP contribution in [0.1, 0.15) is 27.0 Å². The van der Waals surface area contributed by atoms with Gasteiger partial charge in [0, 0.05) is 12.3 Å². The molecule has 4 nitrogen and oxygen atoms in total. The molecule has 0 saturated heterocycles. The van der Waals surface area contributed by atoms with Crippen molar-refractivity contribution in [1.29, 1.82) is 0 Å². The highest BCUT2D eigenvalue weighted by Gasteiger charge is 2.17. The van der Waals surface area contributed by atoms with Crippen molar-refractivity contribution in [2.45, 2.75) is 20.4 Å². The Kier molecular flexibility index (Phi) is 4.61. The average molecular weight is 341 g/mol. The minimum Gasteiger partial charge on any atom is -0.305 e. The Morgan fingerprint density at radius 1 is 1.12 bits per heavy atom. The van der Waals surface area contributed by atoms with Crippen molar-refractivity contribution in [3.8, 4) is 0 Å². The van der Waals surface area contributed by atoms with E-state index in [0.717, 1.165) is 23.3 Å². The lowest BCUT2D eigenvalue weighted by atomic mass is 10.1. The summed E-state index contributed by atoms with van der Waals surface area (Å²) < 4.78 is 29.0. The molecule has 1 heterocycles. The first-order valence-corrected chi connectivity index (χ1v) is 7.79. The van der Waals surface area contributed by atoms with Crippen LogP contribution in [0.2, 0.25) is 0 Å². The van der Waals surface area contributed by atoms with Crippen LogP contribution in [0.25, 0.3) is 0 Å². The van der Waals surface area contributed by atoms with E-state index in [0.29, 0.717) is 6.54 Å². The van der Waals surface area contributed by atoms with Crippen molar-refractivity contribution >= 4 is 11.7 Å². The number of halogens is 2. The molecule has 3 rings (SSSR count). The second-order valence-electron chi connectivity index (χ2n) is 5.88. The molecule has 2 aromatic carbocycles. The van der Waals surface area contributed by atoms with Crippen molar-refractivity contribution < 1.29 is 13.6 Å². The number of benzene rings is 2. The molecular weight excluding hydrogens is 324 g/mol. The maximum Gasteiger partial charge on any atom is 0.262 e. The van der Waals surface area contributed by atoms with Gasteiger partial charge in [-0.25, -0.2) is 8.78 Å². The number of anilines is 1. The molecule has 0 spiro atoms. The smallest absolute Gasteiger partial charge is 0.262 e. The van der Waals surface area contributed by atoms with Crippen LogP contribution in [-0.2, 0) is 6.54 Å². The monoisotopic (exact) mass is 341 g/mol. The maximum absolute atomic E-state index is 13.6. The van der Waals surface area contributed by atoms with Gasteiger partial charge in [0.2, 0.25) is 0 Å². The second-order valence-corrected chi connectivity index (χ2v) is 5.88. The molecule has 0 unspecified atom stereocenters. The molecule has 1 aromatic heterocycles. The van der Waals surface area contributed by atoms with Gasteiger partial charge >= 0.3 is 0 Å².